The van der Waals surface area contributed by atoms with Crippen molar-refractivity contribution in [3.8, 4) is 10.6 Å². The normalized spacial score (nSPS) is 11.6. The van der Waals surface area contributed by atoms with Gasteiger partial charge in [0.1, 0.15) is 16.6 Å². The molecule has 9 heteroatoms. The van der Waals surface area contributed by atoms with Gasteiger partial charge in [0.25, 0.3) is 0 Å². The highest BCUT2D eigenvalue weighted by atomic mass is 32.1. The molecule has 3 aromatic heterocycles. The number of pyridine rings is 2. The van der Waals surface area contributed by atoms with Crippen LogP contribution >= 0.6 is 11.3 Å². The zero-order valence-corrected chi connectivity index (χ0v) is 17.4. The average Bonchev–Trinajstić information content (AvgIpc) is 3.05. The second-order valence-corrected chi connectivity index (χ2v) is 7.62. The summed E-state index contributed by atoms with van der Waals surface area (Å²) in [6, 6.07) is 9.13. The van der Waals surface area contributed by atoms with E-state index in [1.807, 2.05) is 44.2 Å². The smallest absolute Gasteiger partial charge is 0.222 e. The fourth-order valence-electron chi connectivity index (χ4n) is 2.68. The number of hydrogen-bond donors (Lipinski definition) is 3. The molecule has 0 unspecified atom stereocenters. The Bertz CT molecular complexity index is 1050. The van der Waals surface area contributed by atoms with Crippen LogP contribution in [0.3, 0.4) is 0 Å². The van der Waals surface area contributed by atoms with Gasteiger partial charge in [0, 0.05) is 20.0 Å². The van der Waals surface area contributed by atoms with Crippen molar-refractivity contribution in [3.05, 3.63) is 47.1 Å². The minimum Gasteiger partial charge on any atom is -0.347 e. The Morgan fingerprint density at radius 1 is 1.07 bits per heavy atom. The van der Waals surface area contributed by atoms with Crippen LogP contribution in [0.15, 0.2) is 36.5 Å². The number of nitrogens with zero attached hydrogens (tertiary/aromatic N) is 3. The molecular weight excluding hydrogens is 388 g/mol. The predicted octanol–water partition coefficient (Wildman–Crippen LogP) is 3.81. The summed E-state index contributed by atoms with van der Waals surface area (Å²) in [6.45, 7) is 6.71. The summed E-state index contributed by atoms with van der Waals surface area (Å²) in [5, 5.41) is 9.43. The molecule has 3 N–H and O–H groups in total. The molecule has 0 aliphatic heterocycles. The Hall–Kier alpha value is -3.33. The summed E-state index contributed by atoms with van der Waals surface area (Å²) in [4.78, 5) is 37.2. The van der Waals surface area contributed by atoms with Gasteiger partial charge in [-0.15, -0.1) is 11.3 Å². The van der Waals surface area contributed by atoms with E-state index in [1.165, 1.54) is 25.2 Å². The summed E-state index contributed by atoms with van der Waals surface area (Å²) in [6.07, 6.45) is 1.73. The van der Waals surface area contributed by atoms with Gasteiger partial charge in [-0.2, -0.15) is 0 Å². The standard InChI is InChI=1S/C20H22N6O2S/c1-11-8-9-21-17(10-11)25-16-7-5-6-15(24-16)18-19(23-14(4)28)26-20(29-18)12(2)22-13(3)27/h5-10,12H,1-4H3,(H,22,27)(H,23,28)(H,21,24,25)/t12-/m0/s1. The van der Waals surface area contributed by atoms with Gasteiger partial charge in [-0.05, 0) is 43.7 Å². The molecule has 0 spiro atoms. The molecule has 150 valence electrons. The molecule has 29 heavy (non-hydrogen) atoms. The molecule has 0 radical (unpaired) electrons. The molecule has 0 fully saturated rings. The first-order valence-corrected chi connectivity index (χ1v) is 9.86. The number of rotatable bonds is 6. The second-order valence-electron chi connectivity index (χ2n) is 6.58. The van der Waals surface area contributed by atoms with E-state index < -0.39 is 0 Å². The number of hydrogen-bond acceptors (Lipinski definition) is 7. The van der Waals surface area contributed by atoms with Gasteiger partial charge in [0.05, 0.1) is 16.6 Å². The third-order valence-electron chi connectivity index (χ3n) is 3.88. The first-order chi connectivity index (χ1) is 13.8. The van der Waals surface area contributed by atoms with Gasteiger partial charge in [0.2, 0.25) is 11.8 Å². The molecule has 0 saturated carbocycles. The fraction of sp³-hybridized carbons (Fsp3) is 0.250. The molecule has 0 aliphatic rings. The van der Waals surface area contributed by atoms with Gasteiger partial charge < -0.3 is 16.0 Å². The Labute approximate surface area is 172 Å². The lowest BCUT2D eigenvalue weighted by molar-refractivity contribution is -0.119. The first-order valence-electron chi connectivity index (χ1n) is 9.04. The van der Waals surface area contributed by atoms with Crippen LogP contribution in [0.2, 0.25) is 0 Å². The number of thiazole rings is 1. The van der Waals surface area contributed by atoms with Crippen molar-refractivity contribution in [2.75, 3.05) is 10.6 Å². The minimum atomic E-state index is -0.281. The maximum Gasteiger partial charge on any atom is 0.222 e. The molecule has 3 aromatic rings. The fourth-order valence-corrected chi connectivity index (χ4v) is 3.67. The molecule has 0 bridgehead atoms. The van der Waals surface area contributed by atoms with E-state index in [0.717, 1.165) is 5.56 Å². The topological polar surface area (TPSA) is 109 Å². The number of nitrogens with one attached hydrogen (secondary N) is 3. The highest BCUT2D eigenvalue weighted by Gasteiger charge is 2.19. The Kier molecular flexibility index (Phi) is 6.18. The van der Waals surface area contributed by atoms with E-state index in [2.05, 4.69) is 30.9 Å². The zero-order chi connectivity index (χ0) is 21.0. The van der Waals surface area contributed by atoms with Crippen LogP contribution in [0.4, 0.5) is 17.5 Å². The third-order valence-corrected chi connectivity index (χ3v) is 5.14. The molecule has 0 saturated heterocycles. The Morgan fingerprint density at radius 3 is 2.55 bits per heavy atom. The summed E-state index contributed by atoms with van der Waals surface area (Å²) < 4.78 is 0. The van der Waals surface area contributed by atoms with E-state index in [4.69, 9.17) is 0 Å². The van der Waals surface area contributed by atoms with E-state index in [9.17, 15) is 9.59 Å². The van der Waals surface area contributed by atoms with Crippen LogP contribution < -0.4 is 16.0 Å². The molecular formula is C20H22N6O2S. The van der Waals surface area contributed by atoms with Crippen molar-refractivity contribution in [3.63, 3.8) is 0 Å². The van der Waals surface area contributed by atoms with Gasteiger partial charge in [-0.3, -0.25) is 9.59 Å². The molecule has 8 nitrogen and oxygen atoms in total. The van der Waals surface area contributed by atoms with Crippen LogP contribution in [-0.4, -0.2) is 26.8 Å². The molecule has 3 rings (SSSR count). The molecule has 0 aliphatic carbocycles. The molecule has 1 atom stereocenters. The predicted molar refractivity (Wildman–Crippen MR) is 114 cm³/mol. The maximum absolute atomic E-state index is 11.6. The number of aryl methyl sites for hydroxylation is 1. The molecule has 2 amide bonds. The summed E-state index contributed by atoms with van der Waals surface area (Å²) in [5.74, 6) is 1.37. The Balaban J connectivity index is 1.95. The number of carbonyl (C=O) groups is 2. The van der Waals surface area contributed by atoms with Crippen LogP contribution in [0.5, 0.6) is 0 Å². The van der Waals surface area contributed by atoms with E-state index >= 15 is 0 Å². The number of anilines is 3. The maximum atomic E-state index is 11.6. The van der Waals surface area contributed by atoms with E-state index in [1.54, 1.807) is 6.20 Å². The van der Waals surface area contributed by atoms with Crippen molar-refractivity contribution in [1.82, 2.24) is 20.3 Å². The quantitative estimate of drug-likeness (QED) is 0.570. The summed E-state index contributed by atoms with van der Waals surface area (Å²) in [5.41, 5.74) is 1.75. The van der Waals surface area contributed by atoms with Gasteiger partial charge in [-0.25, -0.2) is 15.0 Å². The van der Waals surface area contributed by atoms with Crippen molar-refractivity contribution >= 4 is 40.6 Å². The van der Waals surface area contributed by atoms with Crippen LogP contribution in [-0.2, 0) is 9.59 Å². The first kappa shape index (κ1) is 20.4. The van der Waals surface area contributed by atoms with Crippen LogP contribution in [0.25, 0.3) is 10.6 Å². The lowest BCUT2D eigenvalue weighted by Crippen LogP contribution is -2.23. The zero-order valence-electron chi connectivity index (χ0n) is 16.6. The van der Waals surface area contributed by atoms with Gasteiger partial charge in [-0.1, -0.05) is 6.07 Å². The minimum absolute atomic E-state index is 0.148. The molecule has 0 aromatic carbocycles. The van der Waals surface area contributed by atoms with Crippen LogP contribution in [0, 0.1) is 6.92 Å². The second kappa shape index (κ2) is 8.78. The lowest BCUT2D eigenvalue weighted by atomic mass is 10.3. The van der Waals surface area contributed by atoms with E-state index in [0.29, 0.717) is 33.0 Å². The van der Waals surface area contributed by atoms with Crippen LogP contribution in [0.1, 0.15) is 37.4 Å². The van der Waals surface area contributed by atoms with Crippen molar-refractivity contribution in [1.29, 1.82) is 0 Å². The van der Waals surface area contributed by atoms with Gasteiger partial charge in [0.15, 0.2) is 5.82 Å². The largest absolute Gasteiger partial charge is 0.347 e. The summed E-state index contributed by atoms with van der Waals surface area (Å²) in [7, 11) is 0. The van der Waals surface area contributed by atoms with Crippen molar-refractivity contribution < 1.29 is 9.59 Å². The lowest BCUT2D eigenvalue weighted by Gasteiger charge is -2.08. The number of carbonyl (C=O) groups excluding carboxylic acids is 2. The third kappa shape index (κ3) is 5.35. The number of amides is 2. The number of aromatic nitrogens is 3. The highest BCUT2D eigenvalue weighted by molar-refractivity contribution is 7.15. The monoisotopic (exact) mass is 410 g/mol. The molecule has 3 heterocycles. The summed E-state index contributed by atoms with van der Waals surface area (Å²) >= 11 is 1.38. The SMILES string of the molecule is CC(=O)Nc1nc([C@H](C)NC(C)=O)sc1-c1cccc(Nc2cc(C)ccn2)n1. The highest BCUT2D eigenvalue weighted by Crippen LogP contribution is 2.36. The van der Waals surface area contributed by atoms with Crippen molar-refractivity contribution in [2.24, 2.45) is 0 Å². The average molecular weight is 411 g/mol. The Morgan fingerprint density at radius 2 is 1.86 bits per heavy atom. The van der Waals surface area contributed by atoms with Gasteiger partial charge >= 0.3 is 0 Å². The van der Waals surface area contributed by atoms with Crippen molar-refractivity contribution in [2.45, 2.75) is 33.7 Å². The van der Waals surface area contributed by atoms with E-state index in [-0.39, 0.29) is 17.9 Å².